The number of aromatic nitrogens is 4. The number of nitrogens with zero attached hydrogens (tertiary/aromatic N) is 4. The molecule has 5 rings (SSSR count). The highest BCUT2D eigenvalue weighted by Gasteiger charge is 2.36. The molecule has 0 N–H and O–H groups in total. The van der Waals surface area contributed by atoms with Crippen LogP contribution in [0.5, 0.6) is 5.75 Å². The van der Waals surface area contributed by atoms with E-state index in [1.807, 2.05) is 28.7 Å². The molecule has 0 fully saturated rings. The third kappa shape index (κ3) is 2.75. The summed E-state index contributed by atoms with van der Waals surface area (Å²) < 4.78 is 8.95. The first-order valence-electron chi connectivity index (χ1n) is 10.1. The Labute approximate surface area is 174 Å². The predicted octanol–water partition coefficient (Wildman–Crippen LogP) is 3.76. The maximum absolute atomic E-state index is 13.8. The van der Waals surface area contributed by atoms with Crippen molar-refractivity contribution in [3.8, 4) is 17.0 Å². The van der Waals surface area contributed by atoms with Gasteiger partial charge in [0, 0.05) is 16.5 Å². The first-order chi connectivity index (χ1) is 14.4. The number of ether oxygens (including phenoxy) is 1. The second kappa shape index (κ2) is 6.55. The van der Waals surface area contributed by atoms with Crippen LogP contribution in [0.1, 0.15) is 36.1 Å². The second-order valence-electron chi connectivity index (χ2n) is 8.69. The van der Waals surface area contributed by atoms with E-state index >= 15 is 0 Å². The zero-order chi connectivity index (χ0) is 21.0. The third-order valence-corrected chi connectivity index (χ3v) is 6.04. The summed E-state index contributed by atoms with van der Waals surface area (Å²) >= 11 is 0. The highest BCUT2D eigenvalue weighted by atomic mass is 16.5. The average Bonchev–Trinajstić information content (AvgIpc) is 3.20. The van der Waals surface area contributed by atoms with Crippen LogP contribution >= 0.6 is 0 Å². The zero-order valence-corrected chi connectivity index (χ0v) is 17.6. The van der Waals surface area contributed by atoms with Gasteiger partial charge in [0.15, 0.2) is 0 Å². The maximum Gasteiger partial charge on any atom is 0.259 e. The fourth-order valence-corrected chi connectivity index (χ4v) is 4.58. The lowest BCUT2D eigenvalue weighted by Crippen LogP contribution is -2.38. The molecular weight excluding hydrogens is 376 g/mol. The van der Waals surface area contributed by atoms with Crippen LogP contribution in [0.4, 0.5) is 0 Å². The first kappa shape index (κ1) is 18.6. The Morgan fingerprint density at radius 2 is 1.90 bits per heavy atom. The summed E-state index contributed by atoms with van der Waals surface area (Å²) in [6.45, 7) is 6.79. The minimum absolute atomic E-state index is 0.00141. The number of fused-ring (bicyclic) bond motifs is 5. The molecule has 0 unspecified atom stereocenters. The van der Waals surface area contributed by atoms with Crippen molar-refractivity contribution < 1.29 is 4.74 Å². The Balaban J connectivity index is 1.78. The van der Waals surface area contributed by atoms with Crippen molar-refractivity contribution >= 4 is 5.78 Å². The smallest absolute Gasteiger partial charge is 0.259 e. The Hall–Kier alpha value is -3.41. The van der Waals surface area contributed by atoms with Gasteiger partial charge in [0.2, 0.25) is 5.78 Å². The van der Waals surface area contributed by atoms with Gasteiger partial charge in [-0.2, -0.15) is 0 Å². The molecule has 0 spiro atoms. The van der Waals surface area contributed by atoms with E-state index in [0.717, 1.165) is 34.6 Å². The molecule has 0 amide bonds. The van der Waals surface area contributed by atoms with Crippen LogP contribution in [-0.4, -0.2) is 26.3 Å². The normalized spacial score (nSPS) is 14.4. The summed E-state index contributed by atoms with van der Waals surface area (Å²) in [5, 5.41) is 8.47. The molecule has 30 heavy (non-hydrogen) atoms. The highest BCUT2D eigenvalue weighted by molar-refractivity contribution is 5.74. The Kier molecular flexibility index (Phi) is 4.07. The van der Waals surface area contributed by atoms with Crippen molar-refractivity contribution in [2.24, 2.45) is 0 Å². The zero-order valence-electron chi connectivity index (χ0n) is 17.6. The second-order valence-corrected chi connectivity index (χ2v) is 8.69. The van der Waals surface area contributed by atoms with E-state index < -0.39 is 0 Å². The van der Waals surface area contributed by atoms with Crippen LogP contribution in [0.15, 0.2) is 53.6 Å². The molecule has 0 aliphatic heterocycles. The molecular formula is C24H24N4O2. The molecule has 4 aromatic rings. The van der Waals surface area contributed by atoms with Gasteiger partial charge in [0.1, 0.15) is 12.1 Å². The fourth-order valence-electron chi connectivity index (χ4n) is 4.58. The summed E-state index contributed by atoms with van der Waals surface area (Å²) in [6.07, 6.45) is 2.53. The van der Waals surface area contributed by atoms with E-state index in [9.17, 15) is 4.79 Å². The fraction of sp³-hybridized carbons (Fsp3) is 0.292. The summed E-state index contributed by atoms with van der Waals surface area (Å²) in [4.78, 5) is 13.8. The van der Waals surface area contributed by atoms with E-state index in [2.05, 4.69) is 49.2 Å². The van der Waals surface area contributed by atoms with Gasteiger partial charge in [-0.25, -0.2) is 0 Å². The van der Waals surface area contributed by atoms with Gasteiger partial charge < -0.3 is 4.74 Å². The number of hydrogen-bond donors (Lipinski definition) is 0. The lowest BCUT2D eigenvalue weighted by molar-refractivity contribution is 0.414. The van der Waals surface area contributed by atoms with Crippen LogP contribution in [0.3, 0.4) is 0 Å². The van der Waals surface area contributed by atoms with Crippen LogP contribution in [0.25, 0.3) is 17.0 Å². The van der Waals surface area contributed by atoms with E-state index in [1.165, 1.54) is 11.1 Å². The summed E-state index contributed by atoms with van der Waals surface area (Å²) in [7, 11) is 1.64. The Morgan fingerprint density at radius 1 is 1.13 bits per heavy atom. The van der Waals surface area contributed by atoms with Gasteiger partial charge in [-0.15, -0.1) is 10.2 Å². The van der Waals surface area contributed by atoms with Crippen molar-refractivity contribution in [1.82, 2.24) is 19.2 Å². The van der Waals surface area contributed by atoms with Crippen LogP contribution in [0.2, 0.25) is 0 Å². The van der Waals surface area contributed by atoms with Crippen molar-refractivity contribution in [2.75, 3.05) is 7.11 Å². The Morgan fingerprint density at radius 3 is 2.63 bits per heavy atom. The van der Waals surface area contributed by atoms with Crippen molar-refractivity contribution in [2.45, 2.75) is 39.2 Å². The number of benzene rings is 2. The van der Waals surface area contributed by atoms with Gasteiger partial charge in [0.25, 0.3) is 5.56 Å². The summed E-state index contributed by atoms with van der Waals surface area (Å²) in [5.74, 6) is 1.34. The van der Waals surface area contributed by atoms with E-state index in [4.69, 9.17) is 4.74 Å². The molecule has 0 radical (unpaired) electrons. The average molecular weight is 400 g/mol. The van der Waals surface area contributed by atoms with Crippen molar-refractivity contribution in [3.63, 3.8) is 0 Å². The van der Waals surface area contributed by atoms with Gasteiger partial charge in [-0.1, -0.05) is 43.7 Å². The van der Waals surface area contributed by atoms with E-state index in [1.54, 1.807) is 18.0 Å². The topological polar surface area (TPSA) is 61.4 Å². The molecule has 2 aromatic heterocycles. The first-order valence-corrected chi connectivity index (χ1v) is 10.1. The highest BCUT2D eigenvalue weighted by Crippen LogP contribution is 2.41. The van der Waals surface area contributed by atoms with Crippen molar-refractivity contribution in [3.05, 3.63) is 81.4 Å². The molecule has 1 aliphatic rings. The van der Waals surface area contributed by atoms with Crippen LogP contribution < -0.4 is 10.3 Å². The molecule has 2 heterocycles. The molecule has 0 bridgehead atoms. The number of aryl methyl sites for hydroxylation is 1. The quantitative estimate of drug-likeness (QED) is 0.525. The summed E-state index contributed by atoms with van der Waals surface area (Å²) in [5.41, 5.74) is 5.97. The Bertz CT molecular complexity index is 1330. The van der Waals surface area contributed by atoms with Crippen LogP contribution in [0, 0.1) is 6.92 Å². The number of hydrogen-bond acceptors (Lipinski definition) is 4. The number of rotatable bonds is 3. The molecule has 152 valence electrons. The predicted molar refractivity (Wildman–Crippen MR) is 116 cm³/mol. The standard InChI is InChI=1S/C24H24N4O2/c1-15-5-8-17-12-24(2,3)20-21(19(17)11-15)28-14-25-26-23(28)27(22(20)29)13-16-6-9-18(30-4)10-7-16/h5-11,14H,12-13H2,1-4H3. The molecule has 0 atom stereocenters. The van der Waals surface area contributed by atoms with Gasteiger partial charge >= 0.3 is 0 Å². The lowest BCUT2D eigenvalue weighted by Gasteiger charge is -2.34. The molecule has 6 nitrogen and oxygen atoms in total. The minimum Gasteiger partial charge on any atom is -0.497 e. The minimum atomic E-state index is -0.297. The largest absolute Gasteiger partial charge is 0.497 e. The SMILES string of the molecule is COc1ccc(Cn2c(=O)c3c(n4cnnc24)-c2cc(C)ccc2CC3(C)C)cc1. The monoisotopic (exact) mass is 400 g/mol. The van der Waals surface area contributed by atoms with Gasteiger partial charge in [-0.05, 0) is 42.7 Å². The van der Waals surface area contributed by atoms with Crippen molar-refractivity contribution in [1.29, 1.82) is 0 Å². The summed E-state index contributed by atoms with van der Waals surface area (Å²) in [6, 6.07) is 14.2. The molecule has 1 aliphatic carbocycles. The molecule has 6 heteroatoms. The van der Waals surface area contributed by atoms with E-state index in [0.29, 0.717) is 12.3 Å². The van der Waals surface area contributed by atoms with E-state index in [-0.39, 0.29) is 11.0 Å². The molecule has 0 saturated heterocycles. The third-order valence-electron chi connectivity index (χ3n) is 6.04. The lowest BCUT2D eigenvalue weighted by atomic mass is 9.72. The van der Waals surface area contributed by atoms with Crippen LogP contribution in [-0.2, 0) is 18.4 Å². The molecule has 2 aromatic carbocycles. The molecule has 0 saturated carbocycles. The van der Waals surface area contributed by atoms with Gasteiger partial charge in [-0.3, -0.25) is 13.8 Å². The van der Waals surface area contributed by atoms with Gasteiger partial charge in [0.05, 0.1) is 19.3 Å². The number of methoxy groups -OCH3 is 1. The maximum atomic E-state index is 13.8.